The van der Waals surface area contributed by atoms with Crippen molar-refractivity contribution in [2.45, 2.75) is 20.8 Å². The van der Waals surface area contributed by atoms with Crippen LogP contribution in [-0.4, -0.2) is 9.92 Å². The Hall–Kier alpha value is -0.440. The third-order valence-corrected chi connectivity index (χ3v) is 2.40. The van der Waals surface area contributed by atoms with Gasteiger partial charge in [0.15, 0.2) is 11.0 Å². The first-order valence-corrected chi connectivity index (χ1v) is 4.46. The molecule has 0 N–H and O–H groups in total. The van der Waals surface area contributed by atoms with Gasteiger partial charge < -0.3 is 0 Å². The summed E-state index contributed by atoms with van der Waals surface area (Å²) in [4.78, 5) is 0. The van der Waals surface area contributed by atoms with Crippen LogP contribution in [0.1, 0.15) is 20.8 Å². The van der Waals surface area contributed by atoms with E-state index in [-0.39, 0.29) is 0 Å². The molecule has 0 amide bonds. The van der Waals surface area contributed by atoms with Gasteiger partial charge in [-0.15, -0.1) is 0 Å². The fourth-order valence-electron chi connectivity index (χ4n) is 0.962. The predicted molar refractivity (Wildman–Crippen MR) is 44.2 cm³/mol. The molecule has 1 atom stereocenters. The fraction of sp³-hybridized carbons (Fsp3) is 0.571. The molecule has 0 aromatic heterocycles. The highest BCUT2D eigenvalue weighted by atomic mass is 32.2. The van der Waals surface area contributed by atoms with E-state index in [0.717, 1.165) is 11.3 Å². The Kier molecular flexibility index (Phi) is 2.04. The minimum atomic E-state index is -1.08. The maximum Gasteiger partial charge on any atom is 0.165 e. The van der Waals surface area contributed by atoms with Crippen LogP contribution in [0.25, 0.3) is 0 Å². The first-order chi connectivity index (χ1) is 4.61. The average Bonchev–Trinajstić information content (AvgIpc) is 2.10. The lowest BCUT2D eigenvalue weighted by Crippen LogP contribution is -2.00. The SMILES string of the molecule is CC1=NS(=O)C=C1C(C)C. The molecule has 56 valence electrons. The minimum Gasteiger partial charge on any atom is -0.230 e. The highest BCUT2D eigenvalue weighted by Gasteiger charge is 2.14. The molecule has 0 aromatic rings. The first-order valence-electron chi connectivity index (χ1n) is 3.29. The van der Waals surface area contributed by atoms with Crippen LogP contribution in [0.2, 0.25) is 0 Å². The second-order valence-electron chi connectivity index (χ2n) is 2.68. The van der Waals surface area contributed by atoms with Crippen molar-refractivity contribution in [3.63, 3.8) is 0 Å². The van der Waals surface area contributed by atoms with Crippen LogP contribution in [0.5, 0.6) is 0 Å². The molecule has 10 heavy (non-hydrogen) atoms. The molecule has 0 saturated carbocycles. The molecule has 0 bridgehead atoms. The van der Waals surface area contributed by atoms with E-state index in [4.69, 9.17) is 0 Å². The van der Waals surface area contributed by atoms with Gasteiger partial charge in [-0.25, -0.2) is 4.21 Å². The van der Waals surface area contributed by atoms with E-state index in [1.54, 1.807) is 5.41 Å². The monoisotopic (exact) mass is 157 g/mol. The Morgan fingerprint density at radius 1 is 1.60 bits per heavy atom. The molecule has 0 aliphatic carbocycles. The van der Waals surface area contributed by atoms with E-state index in [0.29, 0.717) is 5.92 Å². The lowest BCUT2D eigenvalue weighted by atomic mass is 10.0. The lowest BCUT2D eigenvalue weighted by Gasteiger charge is -2.03. The van der Waals surface area contributed by atoms with E-state index in [9.17, 15) is 4.21 Å². The van der Waals surface area contributed by atoms with E-state index in [1.165, 1.54) is 0 Å². The third-order valence-electron chi connectivity index (χ3n) is 1.49. The summed E-state index contributed by atoms with van der Waals surface area (Å²) in [5, 5.41) is 1.72. The molecule has 1 aliphatic heterocycles. The van der Waals surface area contributed by atoms with Crippen molar-refractivity contribution in [3.05, 3.63) is 11.0 Å². The van der Waals surface area contributed by atoms with Crippen molar-refractivity contribution < 1.29 is 4.21 Å². The van der Waals surface area contributed by atoms with Gasteiger partial charge in [0.1, 0.15) is 0 Å². The molecular formula is C7H11NOS. The normalized spacial score (nSPS) is 25.0. The summed E-state index contributed by atoms with van der Waals surface area (Å²) in [6.07, 6.45) is 0. The number of hydrogen-bond acceptors (Lipinski definition) is 1. The molecule has 0 fully saturated rings. The highest BCUT2D eigenvalue weighted by molar-refractivity contribution is 7.87. The molecular weight excluding hydrogens is 146 g/mol. The van der Waals surface area contributed by atoms with E-state index in [2.05, 4.69) is 18.2 Å². The van der Waals surface area contributed by atoms with Crippen molar-refractivity contribution in [1.82, 2.24) is 0 Å². The van der Waals surface area contributed by atoms with Crippen molar-refractivity contribution in [2.24, 2.45) is 10.3 Å². The van der Waals surface area contributed by atoms with Crippen LogP contribution in [-0.2, 0) is 11.0 Å². The van der Waals surface area contributed by atoms with Crippen molar-refractivity contribution in [1.29, 1.82) is 0 Å². The number of nitrogens with zero attached hydrogens (tertiary/aromatic N) is 1. The molecule has 2 nitrogen and oxygen atoms in total. The van der Waals surface area contributed by atoms with Crippen LogP contribution in [0.3, 0.4) is 0 Å². The summed E-state index contributed by atoms with van der Waals surface area (Å²) >= 11 is 0. The van der Waals surface area contributed by atoms with Crippen molar-refractivity contribution in [3.8, 4) is 0 Å². The largest absolute Gasteiger partial charge is 0.230 e. The van der Waals surface area contributed by atoms with Gasteiger partial charge in [0.25, 0.3) is 0 Å². The highest BCUT2D eigenvalue weighted by Crippen LogP contribution is 2.18. The van der Waals surface area contributed by atoms with Gasteiger partial charge in [0.2, 0.25) is 0 Å². The molecule has 0 aromatic carbocycles. The lowest BCUT2D eigenvalue weighted by molar-refractivity contribution is 0.690. The average molecular weight is 157 g/mol. The summed E-state index contributed by atoms with van der Waals surface area (Å²) in [7, 11) is -1.08. The summed E-state index contributed by atoms with van der Waals surface area (Å²) in [5.74, 6) is 0.440. The minimum absolute atomic E-state index is 0.440. The standard InChI is InChI=1S/C7H11NOS/c1-5(2)7-4-10(9)8-6(7)3/h4-5H,1-3H3. The Morgan fingerprint density at radius 2 is 2.20 bits per heavy atom. The van der Waals surface area contributed by atoms with Crippen LogP contribution in [0.15, 0.2) is 15.4 Å². The first kappa shape index (κ1) is 7.66. The quantitative estimate of drug-likeness (QED) is 0.569. The zero-order valence-electron chi connectivity index (χ0n) is 6.42. The third kappa shape index (κ3) is 1.34. The molecule has 1 unspecified atom stereocenters. The molecule has 1 rings (SSSR count). The molecule has 1 aliphatic rings. The van der Waals surface area contributed by atoms with Crippen LogP contribution >= 0.6 is 0 Å². The Bertz CT molecular complexity index is 228. The van der Waals surface area contributed by atoms with Gasteiger partial charge in [0, 0.05) is 5.41 Å². The Morgan fingerprint density at radius 3 is 2.40 bits per heavy atom. The smallest absolute Gasteiger partial charge is 0.165 e. The fourth-order valence-corrected chi connectivity index (χ4v) is 2.05. The molecule has 1 heterocycles. The van der Waals surface area contributed by atoms with Gasteiger partial charge in [-0.05, 0) is 18.4 Å². The number of rotatable bonds is 1. The number of hydrogen-bond donors (Lipinski definition) is 0. The van der Waals surface area contributed by atoms with Crippen LogP contribution in [0, 0.1) is 5.92 Å². The molecule has 3 heteroatoms. The molecule has 0 saturated heterocycles. The maximum atomic E-state index is 10.8. The van der Waals surface area contributed by atoms with Gasteiger partial charge in [0.05, 0.1) is 5.71 Å². The van der Waals surface area contributed by atoms with Crippen LogP contribution in [0.4, 0.5) is 0 Å². The molecule has 0 spiro atoms. The summed E-state index contributed by atoms with van der Waals surface area (Å²) in [5.41, 5.74) is 2.05. The zero-order chi connectivity index (χ0) is 7.72. The number of allylic oxidation sites excluding steroid dienone is 1. The van der Waals surface area contributed by atoms with Gasteiger partial charge in [-0.3, -0.25) is 0 Å². The van der Waals surface area contributed by atoms with Gasteiger partial charge in [-0.1, -0.05) is 13.8 Å². The van der Waals surface area contributed by atoms with Crippen molar-refractivity contribution in [2.75, 3.05) is 0 Å². The predicted octanol–water partition coefficient (Wildman–Crippen LogP) is 1.66. The second kappa shape index (κ2) is 2.66. The van der Waals surface area contributed by atoms with Crippen molar-refractivity contribution >= 4 is 16.7 Å². The van der Waals surface area contributed by atoms with Gasteiger partial charge >= 0.3 is 0 Å². The van der Waals surface area contributed by atoms with E-state index >= 15 is 0 Å². The van der Waals surface area contributed by atoms with Gasteiger partial charge in [-0.2, -0.15) is 4.40 Å². The van der Waals surface area contributed by atoms with E-state index in [1.807, 2.05) is 6.92 Å². The van der Waals surface area contributed by atoms with Crippen LogP contribution < -0.4 is 0 Å². The Labute approximate surface area is 63.6 Å². The summed E-state index contributed by atoms with van der Waals surface area (Å²) in [6.45, 7) is 6.05. The molecule has 0 radical (unpaired) electrons. The Balaban J connectivity index is 2.90. The summed E-state index contributed by atoms with van der Waals surface area (Å²) < 4.78 is 14.7. The summed E-state index contributed by atoms with van der Waals surface area (Å²) in [6, 6.07) is 0. The van der Waals surface area contributed by atoms with E-state index < -0.39 is 11.0 Å². The topological polar surface area (TPSA) is 29.4 Å². The second-order valence-corrected chi connectivity index (χ2v) is 3.65. The zero-order valence-corrected chi connectivity index (χ0v) is 7.23. The maximum absolute atomic E-state index is 10.8.